The van der Waals surface area contributed by atoms with E-state index in [-0.39, 0.29) is 0 Å². The van der Waals surface area contributed by atoms with Gasteiger partial charge in [-0.3, -0.25) is 0 Å². The molecule has 0 aliphatic heterocycles. The van der Waals surface area contributed by atoms with Gasteiger partial charge in [-0.05, 0) is 56.1 Å². The summed E-state index contributed by atoms with van der Waals surface area (Å²) in [5, 5.41) is 10.5. The van der Waals surface area contributed by atoms with Crippen LogP contribution >= 0.6 is 0 Å². The van der Waals surface area contributed by atoms with Gasteiger partial charge in [-0.25, -0.2) is 15.0 Å². The second kappa shape index (κ2) is 13.3. The monoisotopic (exact) mass is 751 g/mol. The molecule has 0 atom stereocenters. The standard InChI is InChI=1S/C55H33N3O/c1-3-15-34(16-4-1)52-54-50(44-23-11-13-25-47(44)56-52)49(38-31-32-43-41-21-8-7-19-39(41)40-20-9-10-22-42(40)46(43)33-38)53(59-54)36-29-27-35(28-30-36)51-45-24-12-14-26-48(45)57-55(58-51)37-17-5-2-6-18-37/h1-33H. The fourth-order valence-corrected chi connectivity index (χ4v) is 8.93. The van der Waals surface area contributed by atoms with E-state index in [1.54, 1.807) is 0 Å². The maximum atomic E-state index is 7.21. The molecule has 12 rings (SSSR count). The molecule has 0 bridgehead atoms. The summed E-state index contributed by atoms with van der Waals surface area (Å²) >= 11 is 0. The van der Waals surface area contributed by atoms with Crippen LogP contribution in [-0.2, 0) is 0 Å². The molecular formula is C55H33N3O. The van der Waals surface area contributed by atoms with Crippen molar-refractivity contribution in [3.63, 3.8) is 0 Å². The number of furan rings is 1. The second-order valence-electron chi connectivity index (χ2n) is 15.1. The van der Waals surface area contributed by atoms with Crippen LogP contribution in [0.2, 0.25) is 0 Å². The maximum Gasteiger partial charge on any atom is 0.162 e. The van der Waals surface area contributed by atoms with E-state index in [4.69, 9.17) is 19.4 Å². The van der Waals surface area contributed by atoms with Crippen molar-refractivity contribution in [2.45, 2.75) is 0 Å². The first kappa shape index (κ1) is 33.2. The molecule has 0 unspecified atom stereocenters. The third-order valence-electron chi connectivity index (χ3n) is 11.7. The number of aromatic nitrogens is 3. The molecule has 0 amide bonds. The van der Waals surface area contributed by atoms with Gasteiger partial charge in [0.2, 0.25) is 0 Å². The molecule has 12 aromatic rings. The number of nitrogens with zero attached hydrogens (tertiary/aromatic N) is 3. The summed E-state index contributed by atoms with van der Waals surface area (Å²) in [4.78, 5) is 15.4. The molecule has 3 heterocycles. The van der Waals surface area contributed by atoms with Crippen molar-refractivity contribution in [3.8, 4) is 56.4 Å². The zero-order valence-corrected chi connectivity index (χ0v) is 31.8. The Kier molecular flexibility index (Phi) is 7.50. The average molecular weight is 752 g/mol. The van der Waals surface area contributed by atoms with E-state index in [1.807, 2.05) is 36.4 Å². The summed E-state index contributed by atoms with van der Waals surface area (Å²) in [5.41, 5.74) is 10.4. The highest BCUT2D eigenvalue weighted by Crippen LogP contribution is 2.48. The van der Waals surface area contributed by atoms with E-state index in [1.165, 1.54) is 32.3 Å². The Hall–Kier alpha value is -7.95. The third kappa shape index (κ3) is 5.34. The molecule has 9 aromatic carbocycles. The van der Waals surface area contributed by atoms with Gasteiger partial charge in [0, 0.05) is 44.0 Å². The first-order valence-corrected chi connectivity index (χ1v) is 19.9. The van der Waals surface area contributed by atoms with Crippen LogP contribution in [0.1, 0.15) is 0 Å². The first-order valence-electron chi connectivity index (χ1n) is 19.9. The zero-order chi connectivity index (χ0) is 38.9. The lowest BCUT2D eigenvalue weighted by molar-refractivity contribution is 0.632. The molecule has 0 saturated carbocycles. The highest BCUT2D eigenvalue weighted by Gasteiger charge is 2.25. The van der Waals surface area contributed by atoms with Crippen molar-refractivity contribution in [1.29, 1.82) is 0 Å². The number of benzene rings is 9. The van der Waals surface area contributed by atoms with Crippen molar-refractivity contribution >= 4 is 65.1 Å². The van der Waals surface area contributed by atoms with Crippen molar-refractivity contribution in [3.05, 3.63) is 200 Å². The topological polar surface area (TPSA) is 51.8 Å². The second-order valence-corrected chi connectivity index (χ2v) is 15.1. The number of hydrogen-bond acceptors (Lipinski definition) is 4. The van der Waals surface area contributed by atoms with E-state index in [9.17, 15) is 0 Å². The molecule has 0 fully saturated rings. The van der Waals surface area contributed by atoms with Gasteiger partial charge >= 0.3 is 0 Å². The molecule has 3 aromatic heterocycles. The van der Waals surface area contributed by atoms with Gasteiger partial charge < -0.3 is 4.42 Å². The summed E-state index contributed by atoms with van der Waals surface area (Å²) in [6, 6.07) is 70.2. The van der Waals surface area contributed by atoms with Crippen LogP contribution in [0.4, 0.5) is 0 Å². The summed E-state index contributed by atoms with van der Waals surface area (Å²) in [7, 11) is 0. The number of hydrogen-bond donors (Lipinski definition) is 0. The van der Waals surface area contributed by atoms with E-state index in [2.05, 4.69) is 164 Å². The number of rotatable bonds is 5. The van der Waals surface area contributed by atoms with Crippen molar-refractivity contribution < 1.29 is 4.42 Å². The Labute approximate surface area is 339 Å². The predicted molar refractivity (Wildman–Crippen MR) is 244 cm³/mol. The Morgan fingerprint density at radius 2 is 0.780 bits per heavy atom. The first-order chi connectivity index (χ1) is 29.3. The lowest BCUT2D eigenvalue weighted by Crippen LogP contribution is -1.95. The molecule has 4 nitrogen and oxygen atoms in total. The van der Waals surface area contributed by atoms with E-state index in [0.29, 0.717) is 5.82 Å². The minimum absolute atomic E-state index is 0.701. The summed E-state index contributed by atoms with van der Waals surface area (Å²) in [6.07, 6.45) is 0. The Morgan fingerprint density at radius 3 is 1.44 bits per heavy atom. The van der Waals surface area contributed by atoms with Gasteiger partial charge in [0.1, 0.15) is 11.5 Å². The normalized spacial score (nSPS) is 11.7. The molecule has 0 aliphatic carbocycles. The quantitative estimate of drug-likeness (QED) is 0.164. The van der Waals surface area contributed by atoms with E-state index in [0.717, 1.165) is 83.3 Å². The van der Waals surface area contributed by atoms with Crippen LogP contribution in [0.5, 0.6) is 0 Å². The van der Waals surface area contributed by atoms with Crippen LogP contribution in [0, 0.1) is 0 Å². The van der Waals surface area contributed by atoms with Crippen molar-refractivity contribution in [2.24, 2.45) is 0 Å². The number of fused-ring (bicyclic) bond motifs is 10. The Bertz CT molecular complexity index is 3560. The molecule has 0 spiro atoms. The molecule has 0 saturated heterocycles. The molecule has 4 heteroatoms. The summed E-state index contributed by atoms with van der Waals surface area (Å²) in [5.74, 6) is 1.50. The Balaban J connectivity index is 1.13. The molecule has 274 valence electrons. The lowest BCUT2D eigenvalue weighted by atomic mass is 9.90. The van der Waals surface area contributed by atoms with Crippen LogP contribution in [0.3, 0.4) is 0 Å². The summed E-state index contributed by atoms with van der Waals surface area (Å²) in [6.45, 7) is 0. The van der Waals surface area contributed by atoms with Gasteiger partial charge in [0.05, 0.1) is 16.7 Å². The van der Waals surface area contributed by atoms with Gasteiger partial charge in [0.25, 0.3) is 0 Å². The van der Waals surface area contributed by atoms with Crippen molar-refractivity contribution in [2.75, 3.05) is 0 Å². The maximum absolute atomic E-state index is 7.21. The zero-order valence-electron chi connectivity index (χ0n) is 31.8. The average Bonchev–Trinajstić information content (AvgIpc) is 3.73. The van der Waals surface area contributed by atoms with Crippen molar-refractivity contribution in [1.82, 2.24) is 15.0 Å². The minimum atomic E-state index is 0.701. The minimum Gasteiger partial charge on any atom is -0.453 e. The van der Waals surface area contributed by atoms with Gasteiger partial charge in [-0.1, -0.05) is 182 Å². The smallest absolute Gasteiger partial charge is 0.162 e. The van der Waals surface area contributed by atoms with E-state index >= 15 is 0 Å². The third-order valence-corrected chi connectivity index (χ3v) is 11.7. The Morgan fingerprint density at radius 1 is 0.305 bits per heavy atom. The van der Waals surface area contributed by atoms with Crippen LogP contribution < -0.4 is 0 Å². The lowest BCUT2D eigenvalue weighted by Gasteiger charge is -2.13. The molecule has 59 heavy (non-hydrogen) atoms. The fourth-order valence-electron chi connectivity index (χ4n) is 8.93. The SMILES string of the molecule is c1ccc(-c2nc(-c3ccc(-c4oc5c(-c6ccccc6)nc6ccccc6c5c4-c4ccc5c6ccccc6c6ccccc6c5c4)cc3)c3ccccc3n2)cc1. The van der Waals surface area contributed by atoms with Crippen LogP contribution in [0.25, 0.3) is 121 Å². The van der Waals surface area contributed by atoms with Gasteiger partial charge in [-0.15, -0.1) is 0 Å². The van der Waals surface area contributed by atoms with Crippen LogP contribution in [0.15, 0.2) is 205 Å². The molecular weight excluding hydrogens is 719 g/mol. The highest BCUT2D eigenvalue weighted by molar-refractivity contribution is 6.26. The largest absolute Gasteiger partial charge is 0.453 e. The highest BCUT2D eigenvalue weighted by atomic mass is 16.3. The predicted octanol–water partition coefficient (Wildman–Crippen LogP) is 14.7. The number of para-hydroxylation sites is 2. The number of pyridine rings is 1. The molecule has 0 aliphatic rings. The van der Waals surface area contributed by atoms with E-state index < -0.39 is 0 Å². The molecule has 0 N–H and O–H groups in total. The van der Waals surface area contributed by atoms with Gasteiger partial charge in [-0.2, -0.15) is 0 Å². The van der Waals surface area contributed by atoms with Gasteiger partial charge in [0.15, 0.2) is 11.4 Å². The summed E-state index contributed by atoms with van der Waals surface area (Å²) < 4.78 is 7.21. The fraction of sp³-hybridized carbons (Fsp3) is 0. The molecule has 0 radical (unpaired) electrons. The van der Waals surface area contributed by atoms with Crippen LogP contribution in [-0.4, -0.2) is 15.0 Å².